The van der Waals surface area contributed by atoms with Crippen LogP contribution in [0.3, 0.4) is 0 Å². The van der Waals surface area contributed by atoms with E-state index in [1.165, 1.54) is 23.1 Å². The lowest BCUT2D eigenvalue weighted by atomic mass is 10.2. The zero-order chi connectivity index (χ0) is 13.7. The molecular weight excluding hydrogens is 240 g/mol. The highest BCUT2D eigenvalue weighted by atomic mass is 16.6. The number of rotatable bonds is 5. The number of aliphatic hydroxyl groups excluding tert-OH is 1. The Morgan fingerprint density at radius 3 is 2.67 bits per heavy atom. The number of nitro benzene ring substituents is 1. The first-order valence-corrected chi connectivity index (χ1v) is 5.17. The molecule has 0 spiro atoms. The van der Waals surface area contributed by atoms with E-state index in [-0.39, 0.29) is 30.6 Å². The molecule has 1 rings (SSSR count). The lowest BCUT2D eigenvalue weighted by molar-refractivity contribution is -0.385. The Morgan fingerprint density at radius 1 is 1.50 bits per heavy atom. The number of nitro groups is 1. The van der Waals surface area contributed by atoms with Crippen molar-refractivity contribution in [1.29, 1.82) is 0 Å². The van der Waals surface area contributed by atoms with E-state index in [0.717, 1.165) is 0 Å². The summed E-state index contributed by atoms with van der Waals surface area (Å²) in [6.07, 6.45) is 0. The fraction of sp³-hybridized carbons (Fsp3) is 0.364. The second-order valence-corrected chi connectivity index (χ2v) is 3.79. The van der Waals surface area contributed by atoms with E-state index < -0.39 is 4.92 Å². The van der Waals surface area contributed by atoms with Gasteiger partial charge in [0.1, 0.15) is 0 Å². The summed E-state index contributed by atoms with van der Waals surface area (Å²) in [5.74, 6) is -0.333. The third kappa shape index (κ3) is 3.42. The van der Waals surface area contributed by atoms with Crippen LogP contribution in [0.2, 0.25) is 0 Å². The zero-order valence-electron chi connectivity index (χ0n) is 10.1. The minimum atomic E-state index is -0.601. The summed E-state index contributed by atoms with van der Waals surface area (Å²) in [6.45, 7) is -0.543. The molecule has 0 radical (unpaired) electrons. The molecule has 98 valence electrons. The molecule has 0 bridgehead atoms. The van der Waals surface area contributed by atoms with Crippen molar-refractivity contribution in [1.82, 2.24) is 4.90 Å². The van der Waals surface area contributed by atoms with Crippen molar-refractivity contribution in [3.05, 3.63) is 33.9 Å². The largest absolute Gasteiger partial charge is 0.477 e. The van der Waals surface area contributed by atoms with Crippen LogP contribution in [-0.2, 0) is 11.4 Å². The van der Waals surface area contributed by atoms with Crippen molar-refractivity contribution in [3.63, 3.8) is 0 Å². The van der Waals surface area contributed by atoms with Gasteiger partial charge in [0.15, 0.2) is 12.4 Å². The lowest BCUT2D eigenvalue weighted by Crippen LogP contribution is -2.27. The minimum absolute atomic E-state index is 0.0262. The second-order valence-electron chi connectivity index (χ2n) is 3.79. The minimum Gasteiger partial charge on any atom is -0.477 e. The maximum absolute atomic E-state index is 11.3. The van der Waals surface area contributed by atoms with Gasteiger partial charge in [0.2, 0.25) is 0 Å². The first-order chi connectivity index (χ1) is 8.45. The number of nitrogens with zero attached hydrogens (tertiary/aromatic N) is 2. The van der Waals surface area contributed by atoms with Crippen molar-refractivity contribution in [2.45, 2.75) is 6.61 Å². The molecule has 0 aliphatic heterocycles. The van der Waals surface area contributed by atoms with Gasteiger partial charge in [-0.2, -0.15) is 0 Å². The number of amides is 1. The van der Waals surface area contributed by atoms with Crippen LogP contribution in [0.5, 0.6) is 5.75 Å². The molecule has 0 aliphatic carbocycles. The Bertz CT molecular complexity index is 459. The molecule has 0 fully saturated rings. The van der Waals surface area contributed by atoms with Gasteiger partial charge in [-0.25, -0.2) is 0 Å². The second kappa shape index (κ2) is 5.97. The van der Waals surface area contributed by atoms with Gasteiger partial charge in [0.05, 0.1) is 11.5 Å². The summed E-state index contributed by atoms with van der Waals surface area (Å²) in [7, 11) is 3.12. The third-order valence-corrected chi connectivity index (χ3v) is 2.25. The maximum atomic E-state index is 11.3. The van der Waals surface area contributed by atoms with Gasteiger partial charge in [0.25, 0.3) is 5.91 Å². The fourth-order valence-electron chi connectivity index (χ4n) is 1.19. The first kappa shape index (κ1) is 13.9. The standard InChI is InChI=1S/C11H14N2O5/c1-12(2)11(15)7-18-10-5-8(6-14)3-4-9(10)13(16)17/h3-5,14H,6-7H2,1-2H3. The lowest BCUT2D eigenvalue weighted by Gasteiger charge is -2.11. The summed E-state index contributed by atoms with van der Waals surface area (Å²) in [6, 6.07) is 4.01. The van der Waals surface area contributed by atoms with Gasteiger partial charge < -0.3 is 14.7 Å². The highest BCUT2D eigenvalue weighted by molar-refractivity contribution is 5.77. The van der Waals surface area contributed by atoms with Gasteiger partial charge in [-0.15, -0.1) is 0 Å². The molecule has 0 saturated heterocycles. The van der Waals surface area contributed by atoms with Gasteiger partial charge in [-0.05, 0) is 17.7 Å². The summed E-state index contributed by atoms with van der Waals surface area (Å²) >= 11 is 0. The van der Waals surface area contributed by atoms with Crippen molar-refractivity contribution >= 4 is 11.6 Å². The fourth-order valence-corrected chi connectivity index (χ4v) is 1.19. The van der Waals surface area contributed by atoms with E-state index in [1.54, 1.807) is 14.1 Å². The van der Waals surface area contributed by atoms with Crippen LogP contribution in [0.25, 0.3) is 0 Å². The molecule has 7 nitrogen and oxygen atoms in total. The SMILES string of the molecule is CN(C)C(=O)COc1cc(CO)ccc1[N+](=O)[O-]. The molecule has 0 saturated carbocycles. The van der Waals surface area contributed by atoms with E-state index in [1.807, 2.05) is 0 Å². The molecule has 0 unspecified atom stereocenters. The zero-order valence-corrected chi connectivity index (χ0v) is 10.1. The Labute approximate surface area is 104 Å². The number of likely N-dealkylation sites (N-methyl/N-ethyl adjacent to an activating group) is 1. The summed E-state index contributed by atoms with van der Waals surface area (Å²) in [5, 5.41) is 19.7. The van der Waals surface area contributed by atoms with E-state index in [9.17, 15) is 14.9 Å². The molecule has 1 N–H and O–H groups in total. The Hall–Kier alpha value is -2.15. The van der Waals surface area contributed by atoms with E-state index in [2.05, 4.69) is 0 Å². The summed E-state index contributed by atoms with van der Waals surface area (Å²) < 4.78 is 5.12. The number of hydrogen-bond donors (Lipinski definition) is 1. The molecule has 1 aromatic rings. The van der Waals surface area contributed by atoms with Crippen LogP contribution >= 0.6 is 0 Å². The van der Waals surface area contributed by atoms with Gasteiger partial charge in [-0.1, -0.05) is 0 Å². The number of hydrogen-bond acceptors (Lipinski definition) is 5. The van der Waals surface area contributed by atoms with Crippen LogP contribution in [0, 0.1) is 10.1 Å². The number of aliphatic hydroxyl groups is 1. The predicted molar refractivity (Wildman–Crippen MR) is 63.2 cm³/mol. The molecule has 1 aromatic carbocycles. The summed E-state index contributed by atoms with van der Waals surface area (Å²) in [4.78, 5) is 22.8. The Morgan fingerprint density at radius 2 is 2.17 bits per heavy atom. The number of benzene rings is 1. The molecule has 18 heavy (non-hydrogen) atoms. The van der Waals surface area contributed by atoms with E-state index in [0.29, 0.717) is 5.56 Å². The smallest absolute Gasteiger partial charge is 0.310 e. The number of carbonyl (C=O) groups is 1. The monoisotopic (exact) mass is 254 g/mol. The molecule has 7 heteroatoms. The van der Waals surface area contributed by atoms with Crippen LogP contribution in [0.1, 0.15) is 5.56 Å². The van der Waals surface area contributed by atoms with Crippen LogP contribution in [0.4, 0.5) is 5.69 Å². The van der Waals surface area contributed by atoms with Gasteiger partial charge >= 0.3 is 5.69 Å². The number of carbonyl (C=O) groups excluding carboxylic acids is 1. The topological polar surface area (TPSA) is 92.9 Å². The average molecular weight is 254 g/mol. The maximum Gasteiger partial charge on any atom is 0.310 e. The molecular formula is C11H14N2O5. The van der Waals surface area contributed by atoms with Crippen molar-refractivity contribution in [2.24, 2.45) is 0 Å². The van der Waals surface area contributed by atoms with Gasteiger partial charge in [-0.3, -0.25) is 14.9 Å². The number of ether oxygens (including phenoxy) is 1. The van der Waals surface area contributed by atoms with Crippen LogP contribution in [-0.4, -0.2) is 41.5 Å². The van der Waals surface area contributed by atoms with E-state index in [4.69, 9.17) is 9.84 Å². The first-order valence-electron chi connectivity index (χ1n) is 5.17. The van der Waals surface area contributed by atoms with Gasteiger partial charge in [0, 0.05) is 20.2 Å². The van der Waals surface area contributed by atoms with Crippen molar-refractivity contribution in [2.75, 3.05) is 20.7 Å². The van der Waals surface area contributed by atoms with E-state index >= 15 is 0 Å². The predicted octanol–water partition coefficient (Wildman–Crippen LogP) is 0.554. The Balaban J connectivity index is 2.91. The Kier molecular flexibility index (Phi) is 4.61. The molecule has 0 aromatic heterocycles. The normalized spacial score (nSPS) is 9.94. The summed E-state index contributed by atoms with van der Waals surface area (Å²) in [5.41, 5.74) is 0.242. The van der Waals surface area contributed by atoms with Crippen molar-refractivity contribution < 1.29 is 19.6 Å². The average Bonchev–Trinajstić information content (AvgIpc) is 2.34. The highest BCUT2D eigenvalue weighted by Gasteiger charge is 2.17. The molecule has 1 amide bonds. The highest BCUT2D eigenvalue weighted by Crippen LogP contribution is 2.27. The molecule has 0 atom stereocenters. The third-order valence-electron chi connectivity index (χ3n) is 2.25. The van der Waals surface area contributed by atoms with Crippen LogP contribution < -0.4 is 4.74 Å². The van der Waals surface area contributed by atoms with Crippen molar-refractivity contribution in [3.8, 4) is 5.75 Å². The van der Waals surface area contributed by atoms with Crippen LogP contribution in [0.15, 0.2) is 18.2 Å². The molecule has 0 aliphatic rings. The molecule has 0 heterocycles. The quantitative estimate of drug-likeness (QED) is 0.612.